The summed E-state index contributed by atoms with van der Waals surface area (Å²) in [5.74, 6) is 1.40. The minimum Gasteiger partial charge on any atom is -0.496 e. The summed E-state index contributed by atoms with van der Waals surface area (Å²) >= 11 is 0. The van der Waals surface area contributed by atoms with Gasteiger partial charge >= 0.3 is 0 Å². The van der Waals surface area contributed by atoms with Crippen LogP contribution < -0.4 is 15.4 Å². The molecule has 144 valence electrons. The molecule has 1 saturated heterocycles. The summed E-state index contributed by atoms with van der Waals surface area (Å²) in [6, 6.07) is 8.80. The Morgan fingerprint density at radius 2 is 2.07 bits per heavy atom. The molecule has 1 amide bonds. The van der Waals surface area contributed by atoms with Crippen molar-refractivity contribution in [3.63, 3.8) is 0 Å². The molecule has 1 aromatic carbocycles. The van der Waals surface area contributed by atoms with Crippen LogP contribution in [0.5, 0.6) is 5.75 Å². The SMILES string of the molecule is COc1ccccc1CNc1cc(C(=O)NC2CCS(=O)(=O)C2)nc(C)n1. The van der Waals surface area contributed by atoms with Gasteiger partial charge in [0.05, 0.1) is 18.6 Å². The lowest BCUT2D eigenvalue weighted by atomic mass is 10.2. The minimum absolute atomic E-state index is 0.0261. The molecule has 2 aromatic rings. The number of carbonyl (C=O) groups is 1. The van der Waals surface area contributed by atoms with E-state index in [9.17, 15) is 13.2 Å². The molecule has 1 aliphatic rings. The molecule has 27 heavy (non-hydrogen) atoms. The van der Waals surface area contributed by atoms with Crippen molar-refractivity contribution < 1.29 is 17.9 Å². The summed E-state index contributed by atoms with van der Waals surface area (Å²) in [4.78, 5) is 20.9. The molecule has 0 bridgehead atoms. The average Bonchev–Trinajstić information content (AvgIpc) is 2.98. The van der Waals surface area contributed by atoms with Gasteiger partial charge in [0.25, 0.3) is 5.91 Å². The Morgan fingerprint density at radius 1 is 1.30 bits per heavy atom. The molecule has 1 aliphatic heterocycles. The van der Waals surface area contributed by atoms with Gasteiger partial charge in [0.2, 0.25) is 0 Å². The molecule has 2 heterocycles. The van der Waals surface area contributed by atoms with Gasteiger partial charge in [-0.3, -0.25) is 4.79 Å². The number of hydrogen-bond acceptors (Lipinski definition) is 7. The van der Waals surface area contributed by atoms with Crippen molar-refractivity contribution in [1.82, 2.24) is 15.3 Å². The van der Waals surface area contributed by atoms with Crippen LogP contribution in [0.1, 0.15) is 28.3 Å². The maximum atomic E-state index is 12.4. The first-order valence-electron chi connectivity index (χ1n) is 8.59. The lowest BCUT2D eigenvalue weighted by Gasteiger charge is -2.13. The summed E-state index contributed by atoms with van der Waals surface area (Å²) in [6.45, 7) is 2.17. The zero-order chi connectivity index (χ0) is 19.4. The summed E-state index contributed by atoms with van der Waals surface area (Å²) in [6.07, 6.45) is 0.428. The average molecular weight is 390 g/mol. The van der Waals surface area contributed by atoms with Gasteiger partial charge in [-0.25, -0.2) is 18.4 Å². The number of rotatable bonds is 6. The van der Waals surface area contributed by atoms with Gasteiger partial charge in [0.1, 0.15) is 23.1 Å². The first-order valence-corrected chi connectivity index (χ1v) is 10.4. The van der Waals surface area contributed by atoms with Gasteiger partial charge in [-0.1, -0.05) is 18.2 Å². The number of ether oxygens (including phenoxy) is 1. The molecular formula is C18H22N4O4S. The number of hydrogen-bond donors (Lipinski definition) is 2. The maximum Gasteiger partial charge on any atom is 0.270 e. The number of aromatic nitrogens is 2. The van der Waals surface area contributed by atoms with Gasteiger partial charge in [-0.2, -0.15) is 0 Å². The Hall–Kier alpha value is -2.68. The van der Waals surface area contributed by atoms with E-state index in [1.165, 1.54) is 0 Å². The van der Waals surface area contributed by atoms with Crippen molar-refractivity contribution in [3.8, 4) is 5.75 Å². The van der Waals surface area contributed by atoms with Crippen LogP contribution in [0.3, 0.4) is 0 Å². The fourth-order valence-corrected chi connectivity index (χ4v) is 4.65. The second-order valence-corrected chi connectivity index (χ2v) is 8.65. The predicted molar refractivity (Wildman–Crippen MR) is 102 cm³/mol. The molecule has 0 saturated carbocycles. The highest BCUT2D eigenvalue weighted by Gasteiger charge is 2.29. The molecular weight excluding hydrogens is 368 g/mol. The van der Waals surface area contributed by atoms with Crippen LogP contribution >= 0.6 is 0 Å². The Morgan fingerprint density at radius 3 is 2.78 bits per heavy atom. The summed E-state index contributed by atoms with van der Waals surface area (Å²) < 4.78 is 28.4. The third kappa shape index (κ3) is 4.94. The van der Waals surface area contributed by atoms with E-state index in [0.29, 0.717) is 24.6 Å². The maximum absolute atomic E-state index is 12.4. The summed E-state index contributed by atoms with van der Waals surface area (Å²) in [7, 11) is -1.45. The molecule has 9 heteroatoms. The lowest BCUT2D eigenvalue weighted by molar-refractivity contribution is 0.0935. The molecule has 1 atom stereocenters. The predicted octanol–water partition coefficient (Wildman–Crippen LogP) is 1.32. The van der Waals surface area contributed by atoms with E-state index in [4.69, 9.17) is 4.74 Å². The topological polar surface area (TPSA) is 110 Å². The van der Waals surface area contributed by atoms with E-state index >= 15 is 0 Å². The zero-order valence-electron chi connectivity index (χ0n) is 15.2. The van der Waals surface area contributed by atoms with Crippen molar-refractivity contribution >= 4 is 21.6 Å². The molecule has 8 nitrogen and oxygen atoms in total. The normalized spacial score (nSPS) is 18.1. The van der Waals surface area contributed by atoms with Gasteiger partial charge in [-0.05, 0) is 19.4 Å². The molecule has 1 unspecified atom stereocenters. The van der Waals surface area contributed by atoms with Gasteiger partial charge in [0, 0.05) is 24.2 Å². The minimum atomic E-state index is -3.06. The smallest absolute Gasteiger partial charge is 0.270 e. The third-order valence-corrected chi connectivity index (χ3v) is 6.06. The Kier molecular flexibility index (Phi) is 5.59. The van der Waals surface area contributed by atoms with Crippen LogP contribution in [0.2, 0.25) is 0 Å². The number of nitrogens with zero attached hydrogens (tertiary/aromatic N) is 2. The van der Waals surface area contributed by atoms with Crippen molar-refractivity contribution in [2.24, 2.45) is 0 Å². The number of amides is 1. The molecule has 0 aliphatic carbocycles. The van der Waals surface area contributed by atoms with E-state index in [1.807, 2.05) is 24.3 Å². The summed E-state index contributed by atoms with van der Waals surface area (Å²) in [5, 5.41) is 5.91. The number of sulfone groups is 1. The second kappa shape index (κ2) is 7.91. The number of aryl methyl sites for hydroxylation is 1. The van der Waals surface area contributed by atoms with Crippen molar-refractivity contribution in [2.75, 3.05) is 23.9 Å². The Labute approximate surface area is 158 Å². The lowest BCUT2D eigenvalue weighted by Crippen LogP contribution is -2.36. The quantitative estimate of drug-likeness (QED) is 0.765. The van der Waals surface area contributed by atoms with E-state index in [2.05, 4.69) is 20.6 Å². The van der Waals surface area contributed by atoms with Crippen molar-refractivity contribution in [1.29, 1.82) is 0 Å². The second-order valence-electron chi connectivity index (χ2n) is 6.42. The standard InChI is InChI=1S/C18H22N4O4S/c1-12-20-15(18(23)22-14-7-8-27(24,25)11-14)9-17(21-12)19-10-13-5-3-4-6-16(13)26-2/h3-6,9,14H,7-8,10-11H2,1-2H3,(H,22,23)(H,19,20,21). The molecule has 0 spiro atoms. The molecule has 1 fully saturated rings. The first-order chi connectivity index (χ1) is 12.9. The fraction of sp³-hybridized carbons (Fsp3) is 0.389. The van der Waals surface area contributed by atoms with Crippen LogP contribution in [-0.4, -0.2) is 49.0 Å². The number of carbonyl (C=O) groups excluding carboxylic acids is 1. The fourth-order valence-electron chi connectivity index (χ4n) is 2.98. The van der Waals surface area contributed by atoms with Gasteiger partial charge < -0.3 is 15.4 Å². The van der Waals surface area contributed by atoms with Gasteiger partial charge in [0.15, 0.2) is 9.84 Å². The number of methoxy groups -OCH3 is 1. The largest absolute Gasteiger partial charge is 0.496 e. The Bertz CT molecular complexity index is 946. The van der Waals surface area contributed by atoms with Crippen LogP contribution in [0.25, 0.3) is 0 Å². The Balaban J connectivity index is 1.69. The van der Waals surface area contributed by atoms with E-state index in [0.717, 1.165) is 11.3 Å². The molecule has 0 radical (unpaired) electrons. The van der Waals surface area contributed by atoms with Crippen LogP contribution in [0.4, 0.5) is 5.82 Å². The highest BCUT2D eigenvalue weighted by molar-refractivity contribution is 7.91. The number of anilines is 1. The first kappa shape index (κ1) is 19.1. The highest BCUT2D eigenvalue weighted by Crippen LogP contribution is 2.19. The van der Waals surface area contributed by atoms with E-state index in [1.54, 1.807) is 20.1 Å². The van der Waals surface area contributed by atoms with Crippen LogP contribution in [-0.2, 0) is 16.4 Å². The third-order valence-electron chi connectivity index (χ3n) is 4.29. The number of benzene rings is 1. The highest BCUT2D eigenvalue weighted by atomic mass is 32.2. The van der Waals surface area contributed by atoms with Gasteiger partial charge in [-0.15, -0.1) is 0 Å². The van der Waals surface area contributed by atoms with E-state index < -0.39 is 15.7 Å². The monoisotopic (exact) mass is 390 g/mol. The van der Waals surface area contributed by atoms with Crippen molar-refractivity contribution in [2.45, 2.75) is 25.9 Å². The molecule has 3 rings (SSSR count). The molecule has 2 N–H and O–H groups in total. The molecule has 1 aromatic heterocycles. The summed E-state index contributed by atoms with van der Waals surface area (Å²) in [5.41, 5.74) is 1.16. The zero-order valence-corrected chi connectivity index (χ0v) is 16.0. The van der Waals surface area contributed by atoms with Crippen LogP contribution in [0.15, 0.2) is 30.3 Å². The number of para-hydroxylation sites is 1. The van der Waals surface area contributed by atoms with Crippen molar-refractivity contribution in [3.05, 3.63) is 47.4 Å². The number of nitrogens with one attached hydrogen (secondary N) is 2. The van der Waals surface area contributed by atoms with Crippen LogP contribution in [0, 0.1) is 6.92 Å². The van der Waals surface area contributed by atoms with E-state index in [-0.39, 0.29) is 23.2 Å².